The second kappa shape index (κ2) is 5.09. The summed E-state index contributed by atoms with van der Waals surface area (Å²) in [5, 5.41) is 16.1. The summed E-state index contributed by atoms with van der Waals surface area (Å²) in [6.07, 6.45) is 1.61. The zero-order chi connectivity index (χ0) is 14.0. The van der Waals surface area contributed by atoms with Gasteiger partial charge in [-0.25, -0.2) is 9.18 Å². The topological polar surface area (TPSA) is 67.2 Å². The Kier molecular flexibility index (Phi) is 3.50. The Bertz CT molecular complexity index is 610. The first kappa shape index (κ1) is 13.1. The van der Waals surface area contributed by atoms with Crippen LogP contribution in [0.4, 0.5) is 10.1 Å². The minimum atomic E-state index is -1.08. The van der Waals surface area contributed by atoms with Crippen molar-refractivity contribution >= 4 is 11.7 Å². The number of hydrogen-bond acceptors (Lipinski definition) is 3. The highest BCUT2D eigenvalue weighted by atomic mass is 19.1. The van der Waals surface area contributed by atoms with Crippen LogP contribution in [0.3, 0.4) is 0 Å². The SMILES string of the molecule is Cc1nn(C)cc1C(Nc1ccccc1F)C(=O)O. The maximum absolute atomic E-state index is 13.6. The molecular weight excluding hydrogens is 249 g/mol. The van der Waals surface area contributed by atoms with Gasteiger partial charge in [0.15, 0.2) is 6.04 Å². The Hall–Kier alpha value is -2.37. The van der Waals surface area contributed by atoms with Crippen LogP contribution in [0.5, 0.6) is 0 Å². The van der Waals surface area contributed by atoms with E-state index in [2.05, 4.69) is 10.4 Å². The lowest BCUT2D eigenvalue weighted by atomic mass is 10.1. The van der Waals surface area contributed by atoms with Gasteiger partial charge in [0, 0.05) is 18.8 Å². The first-order chi connectivity index (χ1) is 8.99. The molecule has 2 rings (SSSR count). The quantitative estimate of drug-likeness (QED) is 0.886. The van der Waals surface area contributed by atoms with E-state index < -0.39 is 17.8 Å². The molecule has 0 saturated carbocycles. The first-order valence-corrected chi connectivity index (χ1v) is 5.73. The van der Waals surface area contributed by atoms with Crippen LogP contribution in [0.15, 0.2) is 30.5 Å². The summed E-state index contributed by atoms with van der Waals surface area (Å²) in [5.74, 6) is -1.57. The molecule has 0 saturated heterocycles. The third-order valence-electron chi connectivity index (χ3n) is 2.78. The second-order valence-electron chi connectivity index (χ2n) is 4.24. The smallest absolute Gasteiger partial charge is 0.330 e. The highest BCUT2D eigenvalue weighted by Gasteiger charge is 2.24. The first-order valence-electron chi connectivity index (χ1n) is 5.73. The summed E-state index contributed by atoms with van der Waals surface area (Å²) >= 11 is 0. The molecule has 6 heteroatoms. The van der Waals surface area contributed by atoms with Gasteiger partial charge >= 0.3 is 5.97 Å². The van der Waals surface area contributed by atoms with Crippen LogP contribution in [0, 0.1) is 12.7 Å². The van der Waals surface area contributed by atoms with E-state index >= 15 is 0 Å². The minimum absolute atomic E-state index is 0.151. The second-order valence-corrected chi connectivity index (χ2v) is 4.24. The minimum Gasteiger partial charge on any atom is -0.479 e. The normalized spacial score (nSPS) is 12.2. The van der Waals surface area contributed by atoms with Gasteiger partial charge in [0.2, 0.25) is 0 Å². The molecule has 2 N–H and O–H groups in total. The monoisotopic (exact) mass is 263 g/mol. The third kappa shape index (κ3) is 2.73. The molecule has 0 radical (unpaired) electrons. The van der Waals surface area contributed by atoms with Crippen LogP contribution < -0.4 is 5.32 Å². The van der Waals surface area contributed by atoms with E-state index in [0.717, 1.165) is 0 Å². The molecule has 0 aliphatic carbocycles. The number of nitrogens with zero attached hydrogens (tertiary/aromatic N) is 2. The molecule has 1 atom stereocenters. The van der Waals surface area contributed by atoms with Crippen molar-refractivity contribution in [2.24, 2.45) is 7.05 Å². The molecule has 0 bridgehead atoms. The molecule has 0 aliphatic rings. The molecule has 0 amide bonds. The fourth-order valence-corrected chi connectivity index (χ4v) is 1.91. The summed E-state index contributed by atoms with van der Waals surface area (Å²) < 4.78 is 15.1. The van der Waals surface area contributed by atoms with Crippen LogP contribution in [0.1, 0.15) is 17.3 Å². The van der Waals surface area contributed by atoms with Crippen molar-refractivity contribution in [1.82, 2.24) is 9.78 Å². The number of anilines is 1. The maximum Gasteiger partial charge on any atom is 0.330 e. The van der Waals surface area contributed by atoms with Crippen molar-refractivity contribution in [2.45, 2.75) is 13.0 Å². The van der Waals surface area contributed by atoms with Gasteiger partial charge in [-0.05, 0) is 19.1 Å². The number of para-hydroxylation sites is 1. The Labute approximate surface area is 109 Å². The molecule has 2 aromatic rings. The van der Waals surface area contributed by atoms with Crippen LogP contribution in [-0.4, -0.2) is 20.9 Å². The van der Waals surface area contributed by atoms with E-state index in [0.29, 0.717) is 11.3 Å². The van der Waals surface area contributed by atoms with Crippen molar-refractivity contribution < 1.29 is 14.3 Å². The number of carboxylic acids is 1. The number of halogens is 1. The molecule has 1 aromatic heterocycles. The summed E-state index contributed by atoms with van der Waals surface area (Å²) in [6, 6.07) is 4.92. The van der Waals surface area contributed by atoms with Crippen molar-refractivity contribution in [3.8, 4) is 0 Å². The molecule has 5 nitrogen and oxygen atoms in total. The molecule has 0 fully saturated rings. The number of nitrogens with one attached hydrogen (secondary N) is 1. The van der Waals surface area contributed by atoms with Gasteiger partial charge in [-0.1, -0.05) is 12.1 Å². The zero-order valence-electron chi connectivity index (χ0n) is 10.6. The van der Waals surface area contributed by atoms with Crippen LogP contribution in [0.2, 0.25) is 0 Å². The molecule has 1 heterocycles. The van der Waals surface area contributed by atoms with E-state index in [4.69, 9.17) is 0 Å². The predicted octanol–water partition coefficient (Wildman–Crippen LogP) is 2.11. The summed E-state index contributed by atoms with van der Waals surface area (Å²) in [7, 11) is 1.71. The van der Waals surface area contributed by atoms with Crippen molar-refractivity contribution in [2.75, 3.05) is 5.32 Å². The van der Waals surface area contributed by atoms with E-state index in [1.54, 1.807) is 32.3 Å². The van der Waals surface area contributed by atoms with Gasteiger partial charge in [-0.2, -0.15) is 5.10 Å². The molecule has 0 spiro atoms. The summed E-state index contributed by atoms with van der Waals surface area (Å²) in [4.78, 5) is 11.4. The molecular formula is C13H14FN3O2. The number of aliphatic carboxylic acids is 1. The summed E-state index contributed by atoms with van der Waals surface area (Å²) in [5.41, 5.74) is 1.26. The Morgan fingerprint density at radius 1 is 1.47 bits per heavy atom. The highest BCUT2D eigenvalue weighted by Crippen LogP contribution is 2.23. The number of rotatable bonds is 4. The largest absolute Gasteiger partial charge is 0.479 e. The zero-order valence-corrected chi connectivity index (χ0v) is 10.6. The van der Waals surface area contributed by atoms with Gasteiger partial charge in [0.05, 0.1) is 11.4 Å². The van der Waals surface area contributed by atoms with E-state index in [-0.39, 0.29) is 5.69 Å². The standard InChI is InChI=1S/C13H14FN3O2/c1-8-9(7-17(2)16-8)12(13(18)19)15-11-6-4-3-5-10(11)14/h3-7,12,15H,1-2H3,(H,18,19). The van der Waals surface area contributed by atoms with Gasteiger partial charge in [-0.15, -0.1) is 0 Å². The van der Waals surface area contributed by atoms with Crippen molar-refractivity contribution in [1.29, 1.82) is 0 Å². The fourth-order valence-electron chi connectivity index (χ4n) is 1.91. The molecule has 1 aromatic carbocycles. The van der Waals surface area contributed by atoms with Gasteiger partial charge in [0.25, 0.3) is 0 Å². The highest BCUT2D eigenvalue weighted by molar-refractivity contribution is 5.79. The van der Waals surface area contributed by atoms with Crippen molar-refractivity contribution in [3.05, 3.63) is 47.5 Å². The third-order valence-corrected chi connectivity index (χ3v) is 2.78. The lowest BCUT2D eigenvalue weighted by molar-refractivity contribution is -0.138. The Morgan fingerprint density at radius 3 is 2.68 bits per heavy atom. The Morgan fingerprint density at radius 2 is 2.16 bits per heavy atom. The van der Waals surface area contributed by atoms with E-state index in [9.17, 15) is 14.3 Å². The van der Waals surface area contributed by atoms with Crippen molar-refractivity contribution in [3.63, 3.8) is 0 Å². The van der Waals surface area contributed by atoms with Gasteiger partial charge in [-0.3, -0.25) is 4.68 Å². The Balaban J connectivity index is 2.35. The number of aryl methyl sites for hydroxylation is 2. The number of aromatic nitrogens is 2. The van der Waals surface area contributed by atoms with Gasteiger partial charge < -0.3 is 10.4 Å². The molecule has 0 aliphatic heterocycles. The van der Waals surface area contributed by atoms with E-state index in [1.165, 1.54) is 16.8 Å². The number of hydrogen-bond donors (Lipinski definition) is 2. The lowest BCUT2D eigenvalue weighted by Crippen LogP contribution is -2.21. The van der Waals surface area contributed by atoms with Gasteiger partial charge in [0.1, 0.15) is 5.82 Å². The number of carboxylic acid groups (broad SMARTS) is 1. The van der Waals surface area contributed by atoms with Crippen LogP contribution >= 0.6 is 0 Å². The number of carbonyl (C=O) groups is 1. The number of benzene rings is 1. The average molecular weight is 263 g/mol. The average Bonchev–Trinajstić information content (AvgIpc) is 2.67. The van der Waals surface area contributed by atoms with Crippen LogP contribution in [0.25, 0.3) is 0 Å². The maximum atomic E-state index is 13.6. The van der Waals surface area contributed by atoms with Crippen LogP contribution in [-0.2, 0) is 11.8 Å². The lowest BCUT2D eigenvalue weighted by Gasteiger charge is -2.15. The summed E-state index contributed by atoms with van der Waals surface area (Å²) in [6.45, 7) is 1.72. The molecule has 1 unspecified atom stereocenters. The fraction of sp³-hybridized carbons (Fsp3) is 0.231. The molecule has 19 heavy (non-hydrogen) atoms. The molecule has 100 valence electrons. The van der Waals surface area contributed by atoms with E-state index in [1.807, 2.05) is 0 Å². The predicted molar refractivity (Wildman–Crippen MR) is 68.3 cm³/mol.